The SMILES string of the molecule is C=CC(C)(O)CCC=C(C)CCC=C(C)C.CC(C)C(=O)O. The van der Waals surface area contributed by atoms with Gasteiger partial charge in [-0.3, -0.25) is 4.79 Å². The van der Waals surface area contributed by atoms with Crippen molar-refractivity contribution in [2.75, 3.05) is 0 Å². The van der Waals surface area contributed by atoms with Crippen LogP contribution in [0.2, 0.25) is 0 Å². The fourth-order valence-electron chi connectivity index (χ4n) is 1.40. The first-order valence-corrected chi connectivity index (χ1v) is 7.89. The highest BCUT2D eigenvalue weighted by molar-refractivity contribution is 5.68. The topological polar surface area (TPSA) is 57.5 Å². The Kier molecular flexibility index (Phi) is 12.7. The quantitative estimate of drug-likeness (QED) is 0.611. The highest BCUT2D eigenvalue weighted by Gasteiger charge is 2.13. The van der Waals surface area contributed by atoms with Gasteiger partial charge in [0.1, 0.15) is 0 Å². The molecule has 0 bridgehead atoms. The normalized spacial score (nSPS) is 13.7. The summed E-state index contributed by atoms with van der Waals surface area (Å²) in [6.07, 6.45) is 9.98. The zero-order valence-corrected chi connectivity index (χ0v) is 15.1. The van der Waals surface area contributed by atoms with Crippen molar-refractivity contribution in [3.63, 3.8) is 0 Å². The number of rotatable bonds is 8. The molecule has 0 amide bonds. The summed E-state index contributed by atoms with van der Waals surface area (Å²) in [6.45, 7) is 15.1. The van der Waals surface area contributed by atoms with Crippen molar-refractivity contribution in [3.05, 3.63) is 36.0 Å². The van der Waals surface area contributed by atoms with E-state index in [0.717, 1.165) is 25.7 Å². The van der Waals surface area contributed by atoms with Crippen LogP contribution in [-0.4, -0.2) is 21.8 Å². The molecule has 1 atom stereocenters. The van der Waals surface area contributed by atoms with Gasteiger partial charge in [0.15, 0.2) is 0 Å². The standard InChI is InChI=1S/C15H26O.C4H8O2/c1-6-15(5,16)12-8-11-14(4)10-7-9-13(2)3;1-3(2)4(5)6/h6,9,11,16H,1,7-8,10,12H2,2-5H3;3H,1-2H3,(H,5,6). The molecule has 0 spiro atoms. The molecule has 0 saturated heterocycles. The van der Waals surface area contributed by atoms with Gasteiger partial charge in [-0.2, -0.15) is 0 Å². The molecular formula is C19H34O3. The molecule has 0 aromatic heterocycles. The summed E-state index contributed by atoms with van der Waals surface area (Å²) in [4.78, 5) is 9.70. The number of aliphatic hydroxyl groups is 1. The first kappa shape index (κ1) is 22.9. The maximum Gasteiger partial charge on any atom is 0.305 e. The van der Waals surface area contributed by atoms with E-state index >= 15 is 0 Å². The van der Waals surface area contributed by atoms with E-state index in [2.05, 4.69) is 39.5 Å². The van der Waals surface area contributed by atoms with E-state index in [9.17, 15) is 9.90 Å². The van der Waals surface area contributed by atoms with Crippen LogP contribution in [0.3, 0.4) is 0 Å². The first-order chi connectivity index (χ1) is 10.0. The van der Waals surface area contributed by atoms with Crippen LogP contribution in [0.4, 0.5) is 0 Å². The van der Waals surface area contributed by atoms with E-state index in [1.165, 1.54) is 11.1 Å². The van der Waals surface area contributed by atoms with Gasteiger partial charge in [0.05, 0.1) is 11.5 Å². The third kappa shape index (κ3) is 16.7. The molecule has 0 heterocycles. The number of carboxylic acids is 1. The summed E-state index contributed by atoms with van der Waals surface area (Å²) in [5, 5.41) is 17.7. The van der Waals surface area contributed by atoms with E-state index in [4.69, 9.17) is 5.11 Å². The number of carbonyl (C=O) groups is 1. The average molecular weight is 310 g/mol. The van der Waals surface area contributed by atoms with E-state index < -0.39 is 11.6 Å². The van der Waals surface area contributed by atoms with Crippen molar-refractivity contribution in [1.82, 2.24) is 0 Å². The van der Waals surface area contributed by atoms with Crippen molar-refractivity contribution in [1.29, 1.82) is 0 Å². The third-order valence-corrected chi connectivity index (χ3v) is 3.17. The second kappa shape index (κ2) is 12.2. The Balaban J connectivity index is 0. The molecule has 0 saturated carbocycles. The predicted molar refractivity (Wildman–Crippen MR) is 95.0 cm³/mol. The maximum atomic E-state index is 9.73. The maximum absolute atomic E-state index is 9.73. The largest absolute Gasteiger partial charge is 0.481 e. The Morgan fingerprint density at radius 3 is 2.05 bits per heavy atom. The Morgan fingerprint density at radius 1 is 1.18 bits per heavy atom. The molecule has 128 valence electrons. The van der Waals surface area contributed by atoms with Gasteiger partial charge < -0.3 is 10.2 Å². The summed E-state index contributed by atoms with van der Waals surface area (Å²) >= 11 is 0. The van der Waals surface area contributed by atoms with Crippen LogP contribution in [0.25, 0.3) is 0 Å². The minimum Gasteiger partial charge on any atom is -0.481 e. The van der Waals surface area contributed by atoms with E-state index in [1.54, 1.807) is 26.8 Å². The van der Waals surface area contributed by atoms with E-state index in [-0.39, 0.29) is 5.92 Å². The number of aliphatic carboxylic acids is 1. The van der Waals surface area contributed by atoms with Crippen LogP contribution < -0.4 is 0 Å². The van der Waals surface area contributed by atoms with Gasteiger partial charge >= 0.3 is 5.97 Å². The van der Waals surface area contributed by atoms with Crippen LogP contribution in [0.5, 0.6) is 0 Å². The summed E-state index contributed by atoms with van der Waals surface area (Å²) < 4.78 is 0. The Labute approximate surface area is 136 Å². The smallest absolute Gasteiger partial charge is 0.305 e. The lowest BCUT2D eigenvalue weighted by molar-refractivity contribution is -0.140. The van der Waals surface area contributed by atoms with Gasteiger partial charge in [-0.25, -0.2) is 0 Å². The summed E-state index contributed by atoms with van der Waals surface area (Å²) in [7, 11) is 0. The zero-order valence-electron chi connectivity index (χ0n) is 15.1. The van der Waals surface area contributed by atoms with Crippen LogP contribution in [0.1, 0.15) is 67.2 Å². The minimum absolute atomic E-state index is 0.231. The van der Waals surface area contributed by atoms with Gasteiger partial charge in [-0.1, -0.05) is 43.2 Å². The lowest BCUT2D eigenvalue weighted by atomic mass is 9.99. The minimum atomic E-state index is -0.741. The molecule has 22 heavy (non-hydrogen) atoms. The van der Waals surface area contributed by atoms with Gasteiger partial charge in [0, 0.05) is 0 Å². The van der Waals surface area contributed by atoms with Gasteiger partial charge in [0.2, 0.25) is 0 Å². The van der Waals surface area contributed by atoms with E-state index in [0.29, 0.717) is 0 Å². The monoisotopic (exact) mass is 310 g/mol. The molecule has 3 nitrogen and oxygen atoms in total. The van der Waals surface area contributed by atoms with Crippen molar-refractivity contribution in [2.24, 2.45) is 5.92 Å². The summed E-state index contributed by atoms with van der Waals surface area (Å²) in [6, 6.07) is 0. The molecule has 0 radical (unpaired) electrons. The van der Waals surface area contributed by atoms with Crippen LogP contribution in [-0.2, 0) is 4.79 Å². The molecule has 0 rings (SSSR count). The Bertz CT molecular complexity index is 383. The molecule has 0 aromatic rings. The molecule has 0 fully saturated rings. The average Bonchev–Trinajstić information content (AvgIpc) is 2.38. The molecule has 1 unspecified atom stereocenters. The molecule has 0 aromatic carbocycles. The second-order valence-corrected chi connectivity index (χ2v) is 6.46. The summed E-state index contributed by atoms with van der Waals surface area (Å²) in [5.74, 6) is -0.972. The highest BCUT2D eigenvalue weighted by Crippen LogP contribution is 2.15. The van der Waals surface area contributed by atoms with Crippen molar-refractivity contribution in [3.8, 4) is 0 Å². The van der Waals surface area contributed by atoms with Crippen LogP contribution in [0.15, 0.2) is 36.0 Å². The lowest BCUT2D eigenvalue weighted by Crippen LogP contribution is -2.19. The highest BCUT2D eigenvalue weighted by atomic mass is 16.4. The van der Waals surface area contributed by atoms with Gasteiger partial charge in [0.25, 0.3) is 0 Å². The fourth-order valence-corrected chi connectivity index (χ4v) is 1.40. The molecule has 0 aliphatic heterocycles. The molecule has 2 N–H and O–H groups in total. The number of carboxylic acid groups (broad SMARTS) is 1. The molecule has 0 aliphatic rings. The molecular weight excluding hydrogens is 276 g/mol. The third-order valence-electron chi connectivity index (χ3n) is 3.17. The Hall–Kier alpha value is -1.35. The molecule has 3 heteroatoms. The van der Waals surface area contributed by atoms with Crippen LogP contribution in [0, 0.1) is 5.92 Å². The predicted octanol–water partition coefficient (Wildman–Crippen LogP) is 5.12. The van der Waals surface area contributed by atoms with E-state index in [1.807, 2.05) is 0 Å². The van der Waals surface area contributed by atoms with Crippen molar-refractivity contribution >= 4 is 5.97 Å². The number of hydrogen-bond acceptors (Lipinski definition) is 2. The van der Waals surface area contributed by atoms with Gasteiger partial charge in [-0.15, -0.1) is 6.58 Å². The second-order valence-electron chi connectivity index (χ2n) is 6.46. The Morgan fingerprint density at radius 2 is 1.68 bits per heavy atom. The van der Waals surface area contributed by atoms with Crippen molar-refractivity contribution in [2.45, 2.75) is 72.8 Å². The van der Waals surface area contributed by atoms with Crippen molar-refractivity contribution < 1.29 is 15.0 Å². The zero-order chi connectivity index (χ0) is 17.8. The van der Waals surface area contributed by atoms with Crippen LogP contribution >= 0.6 is 0 Å². The lowest BCUT2D eigenvalue weighted by Gasteiger charge is -2.16. The molecule has 0 aliphatic carbocycles. The number of hydrogen-bond donors (Lipinski definition) is 2. The number of allylic oxidation sites excluding steroid dienone is 4. The summed E-state index contributed by atoms with van der Waals surface area (Å²) in [5.41, 5.74) is 2.05. The fraction of sp³-hybridized carbons (Fsp3) is 0.632. The van der Waals surface area contributed by atoms with Gasteiger partial charge in [-0.05, 0) is 53.4 Å². The first-order valence-electron chi connectivity index (χ1n) is 7.89.